The lowest BCUT2D eigenvalue weighted by Gasteiger charge is -2.13. The number of anilines is 1. The molecule has 0 bridgehead atoms. The summed E-state index contributed by atoms with van der Waals surface area (Å²) in [5, 5.41) is 13.8. The number of benzene rings is 2. The lowest BCUT2D eigenvalue weighted by Crippen LogP contribution is -2.13. The molecule has 0 aliphatic heterocycles. The number of methoxy groups -OCH3 is 1. The number of ether oxygens (including phenoxy) is 2. The predicted octanol–water partition coefficient (Wildman–Crippen LogP) is 3.80. The summed E-state index contributed by atoms with van der Waals surface area (Å²) in [5.41, 5.74) is 0.928. The van der Waals surface area contributed by atoms with Crippen LogP contribution in [0.2, 0.25) is 0 Å². The average Bonchev–Trinajstić information content (AvgIpc) is 3.15. The van der Waals surface area contributed by atoms with Crippen molar-refractivity contribution in [2.45, 2.75) is 27.2 Å². The molecule has 9 heteroatoms. The number of halogens is 1. The van der Waals surface area contributed by atoms with Crippen molar-refractivity contribution in [1.82, 2.24) is 20.2 Å². The minimum absolute atomic E-state index is 0.141. The summed E-state index contributed by atoms with van der Waals surface area (Å²) in [5.74, 6) is 1.12. The molecule has 1 heterocycles. The van der Waals surface area contributed by atoms with Crippen molar-refractivity contribution in [3.8, 4) is 17.2 Å². The van der Waals surface area contributed by atoms with Gasteiger partial charge in [0.1, 0.15) is 11.5 Å². The van der Waals surface area contributed by atoms with Gasteiger partial charge in [-0.05, 0) is 66.1 Å². The van der Waals surface area contributed by atoms with Crippen molar-refractivity contribution in [3.05, 3.63) is 53.6 Å². The van der Waals surface area contributed by atoms with Crippen molar-refractivity contribution in [2.75, 3.05) is 19.0 Å². The number of carbonyl (C=O) groups is 1. The molecule has 30 heavy (non-hydrogen) atoms. The number of amides is 1. The maximum absolute atomic E-state index is 14.2. The zero-order valence-corrected chi connectivity index (χ0v) is 17.3. The van der Waals surface area contributed by atoms with Crippen LogP contribution >= 0.6 is 0 Å². The Morgan fingerprint density at radius 2 is 2.00 bits per heavy atom. The second-order valence-corrected chi connectivity index (χ2v) is 7.15. The minimum Gasteiger partial charge on any atom is -0.493 e. The number of hydrogen-bond acceptors (Lipinski definition) is 6. The quantitative estimate of drug-likeness (QED) is 0.604. The van der Waals surface area contributed by atoms with E-state index in [1.54, 1.807) is 25.1 Å². The van der Waals surface area contributed by atoms with Crippen LogP contribution in [0.15, 0.2) is 36.4 Å². The molecule has 8 nitrogen and oxygen atoms in total. The average molecular weight is 413 g/mol. The second-order valence-electron chi connectivity index (χ2n) is 7.15. The maximum atomic E-state index is 14.2. The van der Waals surface area contributed by atoms with Gasteiger partial charge in [0, 0.05) is 11.3 Å². The van der Waals surface area contributed by atoms with Crippen LogP contribution in [0.25, 0.3) is 5.69 Å². The van der Waals surface area contributed by atoms with Crippen molar-refractivity contribution in [1.29, 1.82) is 0 Å². The first-order valence-corrected chi connectivity index (χ1v) is 9.56. The van der Waals surface area contributed by atoms with Crippen molar-refractivity contribution in [3.63, 3.8) is 0 Å². The van der Waals surface area contributed by atoms with Crippen LogP contribution in [0, 0.1) is 18.7 Å². The molecule has 0 atom stereocenters. The highest BCUT2D eigenvalue weighted by Crippen LogP contribution is 2.29. The van der Waals surface area contributed by atoms with Crippen molar-refractivity contribution >= 4 is 11.6 Å². The summed E-state index contributed by atoms with van der Waals surface area (Å²) < 4.78 is 26.6. The third-order valence-corrected chi connectivity index (χ3v) is 4.44. The van der Waals surface area contributed by atoms with Gasteiger partial charge < -0.3 is 14.8 Å². The van der Waals surface area contributed by atoms with E-state index in [2.05, 4.69) is 34.7 Å². The van der Waals surface area contributed by atoms with Gasteiger partial charge >= 0.3 is 0 Å². The van der Waals surface area contributed by atoms with E-state index in [1.165, 1.54) is 30.0 Å². The molecule has 0 saturated carbocycles. The van der Waals surface area contributed by atoms with E-state index in [9.17, 15) is 9.18 Å². The summed E-state index contributed by atoms with van der Waals surface area (Å²) in [6, 6.07) is 9.15. The smallest absolute Gasteiger partial charge is 0.255 e. The summed E-state index contributed by atoms with van der Waals surface area (Å²) in [6.07, 6.45) is 0.916. The monoisotopic (exact) mass is 413 g/mol. The second kappa shape index (κ2) is 9.34. The first-order valence-electron chi connectivity index (χ1n) is 9.56. The summed E-state index contributed by atoms with van der Waals surface area (Å²) in [7, 11) is 1.52. The Balaban J connectivity index is 1.77. The van der Waals surface area contributed by atoms with Gasteiger partial charge in [-0.15, -0.1) is 5.10 Å². The van der Waals surface area contributed by atoms with Gasteiger partial charge in [-0.1, -0.05) is 13.8 Å². The molecule has 3 aromatic rings. The zero-order valence-electron chi connectivity index (χ0n) is 17.3. The molecular formula is C21H24FN5O3. The Kier molecular flexibility index (Phi) is 6.61. The number of aromatic nitrogens is 4. The fourth-order valence-electron chi connectivity index (χ4n) is 2.74. The van der Waals surface area contributed by atoms with Gasteiger partial charge in [0.15, 0.2) is 17.3 Å². The molecule has 0 fully saturated rings. The fourth-order valence-corrected chi connectivity index (χ4v) is 2.74. The van der Waals surface area contributed by atoms with Crippen LogP contribution < -0.4 is 14.8 Å². The number of nitrogens with one attached hydrogen (secondary N) is 1. The first-order chi connectivity index (χ1) is 14.4. The van der Waals surface area contributed by atoms with E-state index < -0.39 is 5.82 Å². The molecule has 0 aliphatic carbocycles. The third-order valence-electron chi connectivity index (χ3n) is 4.44. The van der Waals surface area contributed by atoms with Crippen LogP contribution in [0.4, 0.5) is 10.1 Å². The molecule has 2 aromatic carbocycles. The van der Waals surface area contributed by atoms with Gasteiger partial charge in [-0.2, -0.15) is 4.68 Å². The van der Waals surface area contributed by atoms with Crippen LogP contribution in [-0.4, -0.2) is 39.8 Å². The molecule has 0 saturated heterocycles. The maximum Gasteiger partial charge on any atom is 0.255 e. The van der Waals surface area contributed by atoms with Crippen LogP contribution in [0.5, 0.6) is 11.5 Å². The van der Waals surface area contributed by atoms with Crippen LogP contribution in [0.1, 0.15) is 36.5 Å². The van der Waals surface area contributed by atoms with E-state index in [0.717, 1.165) is 6.42 Å². The van der Waals surface area contributed by atoms with E-state index in [0.29, 0.717) is 41.1 Å². The van der Waals surface area contributed by atoms with Gasteiger partial charge in [0.2, 0.25) is 0 Å². The number of aryl methyl sites for hydroxylation is 1. The molecule has 1 amide bonds. The number of hydrogen-bond donors (Lipinski definition) is 1. The van der Waals surface area contributed by atoms with E-state index in [4.69, 9.17) is 9.47 Å². The molecule has 1 N–H and O–H groups in total. The molecule has 0 aliphatic rings. The highest BCUT2D eigenvalue weighted by atomic mass is 19.1. The zero-order chi connectivity index (χ0) is 21.7. The van der Waals surface area contributed by atoms with E-state index in [-0.39, 0.29) is 11.6 Å². The van der Waals surface area contributed by atoms with Gasteiger partial charge in [-0.25, -0.2) is 4.39 Å². The number of carbonyl (C=O) groups excluding carboxylic acids is 1. The standard InChI is InChI=1S/C21H24FN5O3/c1-13(2)9-10-30-19-8-5-15(11-20(19)29-4)21(28)23-16-6-7-17(22)18(12-16)27-14(3)24-25-26-27/h5-8,11-13H,9-10H2,1-4H3,(H,23,28). The molecule has 0 radical (unpaired) electrons. The van der Waals surface area contributed by atoms with Crippen molar-refractivity contribution in [2.24, 2.45) is 5.92 Å². The number of rotatable bonds is 8. The van der Waals surface area contributed by atoms with E-state index in [1.807, 2.05) is 0 Å². The van der Waals surface area contributed by atoms with E-state index >= 15 is 0 Å². The van der Waals surface area contributed by atoms with Crippen molar-refractivity contribution < 1.29 is 18.7 Å². The minimum atomic E-state index is -0.507. The molecule has 158 valence electrons. The Hall–Kier alpha value is -3.49. The number of nitrogens with zero attached hydrogens (tertiary/aromatic N) is 4. The Morgan fingerprint density at radius 3 is 2.67 bits per heavy atom. The summed E-state index contributed by atoms with van der Waals surface area (Å²) in [6.45, 7) is 6.46. The molecule has 3 rings (SSSR count). The Morgan fingerprint density at radius 1 is 1.20 bits per heavy atom. The van der Waals surface area contributed by atoms with Crippen LogP contribution in [-0.2, 0) is 0 Å². The SMILES string of the molecule is COc1cc(C(=O)Nc2ccc(F)c(-n3nnnc3C)c2)ccc1OCCC(C)C. The third kappa shape index (κ3) is 4.91. The highest BCUT2D eigenvalue weighted by molar-refractivity contribution is 6.04. The largest absolute Gasteiger partial charge is 0.493 e. The molecular weight excluding hydrogens is 389 g/mol. The topological polar surface area (TPSA) is 91.2 Å². The first kappa shape index (κ1) is 21.2. The van der Waals surface area contributed by atoms with Gasteiger partial charge in [0.05, 0.1) is 13.7 Å². The molecule has 0 spiro atoms. The predicted molar refractivity (Wildman–Crippen MR) is 110 cm³/mol. The van der Waals surface area contributed by atoms with Crippen LogP contribution in [0.3, 0.4) is 0 Å². The lowest BCUT2D eigenvalue weighted by molar-refractivity contribution is 0.102. The summed E-state index contributed by atoms with van der Waals surface area (Å²) >= 11 is 0. The summed E-state index contributed by atoms with van der Waals surface area (Å²) in [4.78, 5) is 12.7. The normalized spacial score (nSPS) is 10.9. The Bertz CT molecular complexity index is 1040. The van der Waals surface area contributed by atoms with Gasteiger partial charge in [-0.3, -0.25) is 4.79 Å². The highest BCUT2D eigenvalue weighted by Gasteiger charge is 2.14. The fraction of sp³-hybridized carbons (Fsp3) is 0.333. The molecule has 1 aromatic heterocycles. The molecule has 0 unspecified atom stereocenters. The lowest BCUT2D eigenvalue weighted by atomic mass is 10.1. The Labute approximate surface area is 174 Å². The number of tetrazole rings is 1. The van der Waals surface area contributed by atoms with Gasteiger partial charge in [0.25, 0.3) is 5.91 Å².